The Balaban J connectivity index is 1.51. The normalized spacial score (nSPS) is 13.7. The molecule has 0 aromatic heterocycles. The maximum Gasteiger partial charge on any atom is 0.271 e. The van der Waals surface area contributed by atoms with Crippen molar-refractivity contribution < 1.29 is 19.1 Å². The number of nitrogens with one attached hydrogen (secondary N) is 1. The molecule has 0 saturated heterocycles. The molecule has 0 bridgehead atoms. The fourth-order valence-corrected chi connectivity index (χ4v) is 3.00. The minimum absolute atomic E-state index is 0.196. The van der Waals surface area contributed by atoms with Gasteiger partial charge in [-0.15, -0.1) is 0 Å². The number of rotatable bonds is 5. The second kappa shape index (κ2) is 8.00. The van der Waals surface area contributed by atoms with Gasteiger partial charge in [-0.05, 0) is 34.9 Å². The number of fused-ring (bicyclic) bond motifs is 1. The van der Waals surface area contributed by atoms with Gasteiger partial charge in [-0.1, -0.05) is 54.6 Å². The fourth-order valence-electron chi connectivity index (χ4n) is 3.00. The first-order valence-electron chi connectivity index (χ1n) is 9.00. The van der Waals surface area contributed by atoms with Crippen molar-refractivity contribution >= 4 is 17.8 Å². The molecule has 1 aliphatic heterocycles. The summed E-state index contributed by atoms with van der Waals surface area (Å²) >= 11 is 0. The molecule has 6 heteroatoms. The Morgan fingerprint density at radius 1 is 1.00 bits per heavy atom. The summed E-state index contributed by atoms with van der Waals surface area (Å²) < 4.78 is 11.0. The van der Waals surface area contributed by atoms with Crippen LogP contribution in [0, 0.1) is 0 Å². The molecular weight excluding hydrogens is 368 g/mol. The Bertz CT molecular complexity index is 1090. The molecule has 3 N–H and O–H groups in total. The quantitative estimate of drug-likeness (QED) is 0.304. The van der Waals surface area contributed by atoms with Crippen LogP contribution in [-0.4, -0.2) is 18.3 Å². The van der Waals surface area contributed by atoms with Crippen molar-refractivity contribution in [1.29, 1.82) is 0 Å². The van der Waals surface area contributed by atoms with Crippen LogP contribution in [0.15, 0.2) is 78.6 Å². The highest BCUT2D eigenvalue weighted by Gasteiger charge is 2.27. The lowest BCUT2D eigenvalue weighted by Gasteiger charge is -2.06. The Labute approximate surface area is 167 Å². The highest BCUT2D eigenvalue weighted by atomic mass is 16.5. The number of Topliss-reactive ketones (excluding diaryl/α,β-unsaturated/α-hetero) is 1. The van der Waals surface area contributed by atoms with Crippen molar-refractivity contribution in [2.45, 2.75) is 0 Å². The first-order valence-corrected chi connectivity index (χ1v) is 9.00. The highest BCUT2D eigenvalue weighted by Crippen LogP contribution is 2.35. The van der Waals surface area contributed by atoms with Crippen LogP contribution in [0.4, 0.5) is 0 Å². The first-order chi connectivity index (χ1) is 14.1. The van der Waals surface area contributed by atoms with Gasteiger partial charge in [-0.25, -0.2) is 5.84 Å². The van der Waals surface area contributed by atoms with Gasteiger partial charge in [0.1, 0.15) is 11.5 Å². The number of hydrazine groups is 1. The van der Waals surface area contributed by atoms with Crippen molar-refractivity contribution in [3.05, 3.63) is 89.7 Å². The Morgan fingerprint density at radius 3 is 2.45 bits per heavy atom. The summed E-state index contributed by atoms with van der Waals surface area (Å²) in [5.41, 5.74) is 5.52. The van der Waals surface area contributed by atoms with E-state index in [0.717, 1.165) is 16.7 Å². The highest BCUT2D eigenvalue weighted by molar-refractivity contribution is 6.14. The number of carbonyl (C=O) groups is 2. The minimum Gasteiger partial charge on any atom is -0.484 e. The molecule has 0 unspecified atom stereocenters. The molecule has 1 aliphatic rings. The molecule has 3 aromatic carbocycles. The number of hydrogen-bond donors (Lipinski definition) is 2. The molecule has 4 rings (SSSR count). The lowest BCUT2D eigenvalue weighted by atomic mass is 10.0. The van der Waals surface area contributed by atoms with E-state index < -0.39 is 5.91 Å². The van der Waals surface area contributed by atoms with E-state index in [1.54, 1.807) is 24.3 Å². The summed E-state index contributed by atoms with van der Waals surface area (Å²) in [6.07, 6.45) is 1.71. The second-order valence-electron chi connectivity index (χ2n) is 6.44. The summed E-state index contributed by atoms with van der Waals surface area (Å²) in [7, 11) is 0. The molecule has 0 radical (unpaired) electrons. The zero-order chi connectivity index (χ0) is 20.2. The van der Waals surface area contributed by atoms with Crippen molar-refractivity contribution in [3.8, 4) is 22.6 Å². The number of carbonyl (C=O) groups excluding carboxylic acids is 2. The van der Waals surface area contributed by atoms with Crippen LogP contribution in [0.1, 0.15) is 15.9 Å². The molecular formula is C23H18N2O4. The number of ether oxygens (including phenoxy) is 2. The predicted molar refractivity (Wildman–Crippen MR) is 109 cm³/mol. The zero-order valence-corrected chi connectivity index (χ0v) is 15.4. The van der Waals surface area contributed by atoms with E-state index in [1.165, 1.54) is 0 Å². The number of amides is 1. The van der Waals surface area contributed by atoms with E-state index in [-0.39, 0.29) is 18.1 Å². The zero-order valence-electron chi connectivity index (χ0n) is 15.4. The van der Waals surface area contributed by atoms with Crippen LogP contribution < -0.4 is 20.7 Å². The smallest absolute Gasteiger partial charge is 0.271 e. The van der Waals surface area contributed by atoms with Crippen LogP contribution >= 0.6 is 0 Å². The van der Waals surface area contributed by atoms with Gasteiger partial charge in [0.2, 0.25) is 5.78 Å². The third-order valence-electron chi connectivity index (χ3n) is 4.49. The lowest BCUT2D eigenvalue weighted by Crippen LogP contribution is -2.34. The van der Waals surface area contributed by atoms with E-state index in [2.05, 4.69) is 0 Å². The summed E-state index contributed by atoms with van der Waals surface area (Å²) in [5, 5.41) is 0. The number of ketones is 1. The fraction of sp³-hybridized carbons (Fsp3) is 0.0435. The SMILES string of the molecule is NNC(=O)COc1ccc2c(c1)OC(=Cc1ccc(-c3ccccc3)cc1)C2=O. The van der Waals surface area contributed by atoms with E-state index >= 15 is 0 Å². The molecule has 6 nitrogen and oxygen atoms in total. The summed E-state index contributed by atoms with van der Waals surface area (Å²) in [5.74, 6) is 5.42. The van der Waals surface area contributed by atoms with Crippen LogP contribution in [0.3, 0.4) is 0 Å². The molecule has 0 spiro atoms. The molecule has 1 amide bonds. The average Bonchev–Trinajstić information content (AvgIpc) is 3.07. The van der Waals surface area contributed by atoms with Crippen LogP contribution in [0.2, 0.25) is 0 Å². The number of nitrogens with two attached hydrogens (primary N) is 1. The molecule has 29 heavy (non-hydrogen) atoms. The van der Waals surface area contributed by atoms with Gasteiger partial charge in [0.05, 0.1) is 5.56 Å². The summed E-state index contributed by atoms with van der Waals surface area (Å²) in [6, 6.07) is 22.8. The van der Waals surface area contributed by atoms with Gasteiger partial charge >= 0.3 is 0 Å². The van der Waals surface area contributed by atoms with Crippen LogP contribution in [-0.2, 0) is 4.79 Å². The largest absolute Gasteiger partial charge is 0.484 e. The van der Waals surface area contributed by atoms with E-state index in [0.29, 0.717) is 17.1 Å². The maximum absolute atomic E-state index is 12.6. The third-order valence-corrected chi connectivity index (χ3v) is 4.49. The second-order valence-corrected chi connectivity index (χ2v) is 6.44. The minimum atomic E-state index is -0.456. The molecule has 0 fully saturated rings. The first kappa shape index (κ1) is 18.5. The molecule has 0 atom stereocenters. The van der Waals surface area contributed by atoms with Crippen molar-refractivity contribution in [2.24, 2.45) is 5.84 Å². The van der Waals surface area contributed by atoms with E-state index in [9.17, 15) is 9.59 Å². The van der Waals surface area contributed by atoms with Gasteiger partial charge in [0.15, 0.2) is 12.4 Å². The summed E-state index contributed by atoms with van der Waals surface area (Å²) in [6.45, 7) is -0.223. The predicted octanol–water partition coefficient (Wildman–Crippen LogP) is 3.34. The monoisotopic (exact) mass is 386 g/mol. The average molecular weight is 386 g/mol. The molecule has 144 valence electrons. The number of allylic oxidation sites excluding steroid dienone is 1. The number of hydrogen-bond acceptors (Lipinski definition) is 5. The van der Waals surface area contributed by atoms with Crippen molar-refractivity contribution in [3.63, 3.8) is 0 Å². The Hall–Kier alpha value is -3.90. The molecule has 3 aromatic rings. The molecule has 0 saturated carbocycles. The number of benzene rings is 3. The van der Waals surface area contributed by atoms with Gasteiger partial charge in [0.25, 0.3) is 5.91 Å². The lowest BCUT2D eigenvalue weighted by molar-refractivity contribution is -0.123. The maximum atomic E-state index is 12.6. The molecule has 0 aliphatic carbocycles. The van der Waals surface area contributed by atoms with E-state index in [1.807, 2.05) is 60.0 Å². The standard InChI is InChI=1S/C23H18N2O4/c24-25-22(26)14-28-18-10-11-19-20(13-18)29-21(23(19)27)12-15-6-8-17(9-7-15)16-4-2-1-3-5-16/h1-13H,14,24H2,(H,25,26). The Kier molecular flexibility index (Phi) is 5.09. The van der Waals surface area contributed by atoms with Crippen molar-refractivity contribution in [2.75, 3.05) is 6.61 Å². The third kappa shape index (κ3) is 4.02. The summed E-state index contributed by atoms with van der Waals surface area (Å²) in [4.78, 5) is 23.8. The van der Waals surface area contributed by atoms with Crippen LogP contribution in [0.5, 0.6) is 11.5 Å². The Morgan fingerprint density at radius 2 is 1.72 bits per heavy atom. The van der Waals surface area contributed by atoms with Gasteiger partial charge in [0, 0.05) is 6.07 Å². The van der Waals surface area contributed by atoms with Crippen molar-refractivity contribution in [1.82, 2.24) is 5.43 Å². The van der Waals surface area contributed by atoms with E-state index in [4.69, 9.17) is 15.3 Å². The van der Waals surface area contributed by atoms with Gasteiger partial charge in [-0.3, -0.25) is 15.0 Å². The van der Waals surface area contributed by atoms with Gasteiger partial charge < -0.3 is 9.47 Å². The topological polar surface area (TPSA) is 90.7 Å². The van der Waals surface area contributed by atoms with Crippen LogP contribution in [0.25, 0.3) is 17.2 Å². The molecule has 1 heterocycles. The van der Waals surface area contributed by atoms with Gasteiger partial charge in [-0.2, -0.15) is 0 Å².